The zero-order valence-electron chi connectivity index (χ0n) is 14.3. The summed E-state index contributed by atoms with van der Waals surface area (Å²) in [4.78, 5) is 11.9. The van der Waals surface area contributed by atoms with Gasteiger partial charge in [0.2, 0.25) is 0 Å². The van der Waals surface area contributed by atoms with Crippen molar-refractivity contribution in [3.05, 3.63) is 49.0 Å². The SMILES string of the molecule is C=C/C=C(\C=C)c1ncc(CCCC)nc1N(CC)CCC. The Hall–Kier alpha value is -1.90. The third-order valence-corrected chi connectivity index (χ3v) is 3.56. The van der Waals surface area contributed by atoms with Gasteiger partial charge in [-0.15, -0.1) is 0 Å². The topological polar surface area (TPSA) is 29.0 Å². The maximum atomic E-state index is 4.89. The predicted octanol–water partition coefficient (Wildman–Crippen LogP) is 4.81. The molecule has 22 heavy (non-hydrogen) atoms. The van der Waals surface area contributed by atoms with Crippen LogP contribution < -0.4 is 4.90 Å². The molecule has 0 aromatic carbocycles. The fourth-order valence-electron chi connectivity index (χ4n) is 2.37. The molecular formula is C19H29N3. The summed E-state index contributed by atoms with van der Waals surface area (Å²) in [7, 11) is 0. The van der Waals surface area contributed by atoms with E-state index in [1.165, 1.54) is 6.42 Å². The van der Waals surface area contributed by atoms with Crippen LogP contribution in [0.1, 0.15) is 51.4 Å². The van der Waals surface area contributed by atoms with Gasteiger partial charge in [-0.2, -0.15) is 0 Å². The third kappa shape index (κ3) is 4.83. The van der Waals surface area contributed by atoms with Crippen LogP contribution in [0.5, 0.6) is 0 Å². The Morgan fingerprint density at radius 1 is 1.23 bits per heavy atom. The van der Waals surface area contributed by atoms with Gasteiger partial charge in [0, 0.05) is 24.9 Å². The maximum Gasteiger partial charge on any atom is 0.155 e. The van der Waals surface area contributed by atoms with Gasteiger partial charge in [-0.05, 0) is 26.2 Å². The van der Waals surface area contributed by atoms with E-state index in [1.807, 2.05) is 18.3 Å². The number of hydrogen-bond donors (Lipinski definition) is 0. The van der Waals surface area contributed by atoms with Crippen molar-refractivity contribution >= 4 is 11.4 Å². The first kappa shape index (κ1) is 18.1. The first-order valence-electron chi connectivity index (χ1n) is 8.28. The van der Waals surface area contributed by atoms with Crippen LogP contribution in [0.25, 0.3) is 5.57 Å². The van der Waals surface area contributed by atoms with Gasteiger partial charge in [-0.1, -0.05) is 51.7 Å². The molecule has 1 heterocycles. The van der Waals surface area contributed by atoms with Crippen molar-refractivity contribution in [1.29, 1.82) is 0 Å². The maximum absolute atomic E-state index is 4.89. The van der Waals surface area contributed by atoms with Gasteiger partial charge in [0.1, 0.15) is 5.69 Å². The van der Waals surface area contributed by atoms with E-state index >= 15 is 0 Å². The molecule has 0 saturated carbocycles. The van der Waals surface area contributed by atoms with Crippen molar-refractivity contribution in [1.82, 2.24) is 9.97 Å². The minimum absolute atomic E-state index is 0.894. The quantitative estimate of drug-likeness (QED) is 0.580. The second-order valence-electron chi connectivity index (χ2n) is 5.28. The summed E-state index contributed by atoms with van der Waals surface area (Å²) in [5, 5.41) is 0. The number of rotatable bonds is 10. The Kier molecular flexibility index (Phi) is 8.19. The minimum atomic E-state index is 0.894. The van der Waals surface area contributed by atoms with Crippen molar-refractivity contribution in [2.45, 2.75) is 46.5 Å². The van der Waals surface area contributed by atoms with E-state index < -0.39 is 0 Å². The Balaban J connectivity index is 3.31. The summed E-state index contributed by atoms with van der Waals surface area (Å²) in [6.45, 7) is 16.1. The number of allylic oxidation sites excluding steroid dienone is 4. The molecule has 0 radical (unpaired) electrons. The van der Waals surface area contributed by atoms with Gasteiger partial charge >= 0.3 is 0 Å². The average Bonchev–Trinajstić information content (AvgIpc) is 2.55. The molecule has 0 aliphatic heterocycles. The van der Waals surface area contributed by atoms with Crippen LogP contribution in [-0.2, 0) is 6.42 Å². The first-order valence-corrected chi connectivity index (χ1v) is 8.28. The molecular weight excluding hydrogens is 270 g/mol. The van der Waals surface area contributed by atoms with Crippen molar-refractivity contribution in [3.63, 3.8) is 0 Å². The van der Waals surface area contributed by atoms with Gasteiger partial charge in [-0.25, -0.2) is 4.98 Å². The molecule has 120 valence electrons. The second kappa shape index (κ2) is 9.93. The molecule has 0 fully saturated rings. The standard InChI is InChI=1S/C19H29N3/c1-6-11-13-17-15-20-18(16(9-4)12-7-2)19(21-17)22(10-5)14-8-3/h7,9,12,15H,2,4,6,8,10-11,13-14H2,1,3,5H3/b16-12+. The summed E-state index contributed by atoms with van der Waals surface area (Å²) in [5.74, 6) is 0.964. The first-order chi connectivity index (χ1) is 10.7. The number of anilines is 1. The number of unbranched alkanes of at least 4 members (excludes halogenated alkanes) is 1. The highest BCUT2D eigenvalue weighted by Crippen LogP contribution is 2.25. The molecule has 0 spiro atoms. The van der Waals surface area contributed by atoms with Gasteiger partial charge in [0.15, 0.2) is 5.82 Å². The molecule has 0 bridgehead atoms. The summed E-state index contributed by atoms with van der Waals surface area (Å²) in [5.41, 5.74) is 2.93. The van der Waals surface area contributed by atoms with Crippen LogP contribution in [0.3, 0.4) is 0 Å². The lowest BCUT2D eigenvalue weighted by atomic mass is 10.1. The normalized spacial score (nSPS) is 11.3. The molecule has 1 aromatic heterocycles. The summed E-state index contributed by atoms with van der Waals surface area (Å²) in [6.07, 6.45) is 11.8. The summed E-state index contributed by atoms with van der Waals surface area (Å²) < 4.78 is 0. The zero-order chi connectivity index (χ0) is 16.4. The highest BCUT2D eigenvalue weighted by atomic mass is 15.2. The van der Waals surface area contributed by atoms with E-state index in [9.17, 15) is 0 Å². The van der Waals surface area contributed by atoms with Crippen LogP contribution in [0.4, 0.5) is 5.82 Å². The monoisotopic (exact) mass is 299 g/mol. The number of aromatic nitrogens is 2. The van der Waals surface area contributed by atoms with Gasteiger partial charge in [-0.3, -0.25) is 4.98 Å². The Morgan fingerprint density at radius 2 is 2.00 bits per heavy atom. The van der Waals surface area contributed by atoms with E-state index in [1.54, 1.807) is 6.08 Å². The lowest BCUT2D eigenvalue weighted by molar-refractivity contribution is 0.744. The Bertz CT molecular complexity index is 517. The average molecular weight is 299 g/mol. The highest BCUT2D eigenvalue weighted by Gasteiger charge is 2.15. The van der Waals surface area contributed by atoms with Gasteiger partial charge in [0.05, 0.1) is 5.69 Å². The van der Waals surface area contributed by atoms with E-state index in [0.717, 1.165) is 55.1 Å². The van der Waals surface area contributed by atoms with Crippen LogP contribution in [-0.4, -0.2) is 23.1 Å². The van der Waals surface area contributed by atoms with Crippen molar-refractivity contribution in [3.8, 4) is 0 Å². The number of nitrogens with zero attached hydrogens (tertiary/aromatic N) is 3. The lowest BCUT2D eigenvalue weighted by Crippen LogP contribution is -2.26. The molecule has 1 rings (SSSR count). The second-order valence-corrected chi connectivity index (χ2v) is 5.28. The van der Waals surface area contributed by atoms with Crippen LogP contribution in [0.15, 0.2) is 37.6 Å². The number of hydrogen-bond acceptors (Lipinski definition) is 3. The molecule has 1 aromatic rings. The van der Waals surface area contributed by atoms with E-state index in [-0.39, 0.29) is 0 Å². The predicted molar refractivity (Wildman–Crippen MR) is 97.2 cm³/mol. The highest BCUT2D eigenvalue weighted by molar-refractivity contribution is 5.79. The van der Waals surface area contributed by atoms with E-state index in [0.29, 0.717) is 0 Å². The number of aryl methyl sites for hydroxylation is 1. The fraction of sp³-hybridized carbons (Fsp3) is 0.474. The van der Waals surface area contributed by atoms with Crippen molar-refractivity contribution in [2.24, 2.45) is 0 Å². The Morgan fingerprint density at radius 3 is 2.55 bits per heavy atom. The minimum Gasteiger partial charge on any atom is -0.355 e. The fourth-order valence-corrected chi connectivity index (χ4v) is 2.37. The molecule has 0 atom stereocenters. The van der Waals surface area contributed by atoms with Crippen molar-refractivity contribution < 1.29 is 0 Å². The molecule has 0 amide bonds. The zero-order valence-corrected chi connectivity index (χ0v) is 14.3. The molecule has 0 unspecified atom stereocenters. The van der Waals surface area contributed by atoms with E-state index in [4.69, 9.17) is 4.98 Å². The molecule has 0 aliphatic rings. The van der Waals surface area contributed by atoms with Crippen LogP contribution in [0.2, 0.25) is 0 Å². The van der Waals surface area contributed by atoms with E-state index in [2.05, 4.69) is 43.8 Å². The molecule has 3 heteroatoms. The summed E-state index contributed by atoms with van der Waals surface area (Å²) >= 11 is 0. The molecule has 0 aliphatic carbocycles. The summed E-state index contributed by atoms with van der Waals surface area (Å²) in [6, 6.07) is 0. The Labute approximate surface area is 135 Å². The third-order valence-electron chi connectivity index (χ3n) is 3.56. The van der Waals surface area contributed by atoms with Gasteiger partial charge in [0.25, 0.3) is 0 Å². The molecule has 3 nitrogen and oxygen atoms in total. The molecule has 0 N–H and O–H groups in total. The van der Waals surface area contributed by atoms with Crippen LogP contribution in [0, 0.1) is 0 Å². The molecule has 0 saturated heterocycles. The lowest BCUT2D eigenvalue weighted by Gasteiger charge is -2.24. The van der Waals surface area contributed by atoms with Crippen molar-refractivity contribution in [2.75, 3.05) is 18.0 Å². The van der Waals surface area contributed by atoms with Gasteiger partial charge < -0.3 is 4.90 Å². The van der Waals surface area contributed by atoms with Crippen LogP contribution >= 0.6 is 0 Å². The smallest absolute Gasteiger partial charge is 0.155 e. The largest absolute Gasteiger partial charge is 0.355 e.